The molecule has 3 N–H and O–H groups in total. The molecule has 1 aromatic carbocycles. The van der Waals surface area contributed by atoms with Crippen molar-refractivity contribution < 1.29 is 14.2 Å². The molecule has 2 aromatic rings. The molecule has 0 fully saturated rings. The Labute approximate surface area is 143 Å². The lowest BCUT2D eigenvalue weighted by atomic mass is 9.95. The van der Waals surface area contributed by atoms with Gasteiger partial charge in [0.1, 0.15) is 28.2 Å². The third-order valence-electron chi connectivity index (χ3n) is 3.44. The highest BCUT2D eigenvalue weighted by molar-refractivity contribution is 7.71. The predicted octanol–water partition coefficient (Wildman–Crippen LogP) is 2.76. The molecule has 0 atom stereocenters. The van der Waals surface area contributed by atoms with Crippen molar-refractivity contribution in [2.24, 2.45) is 0 Å². The topological polar surface area (TPSA) is 117 Å². The number of nitriles is 2. The number of methoxy groups -OCH3 is 3. The molecule has 1 aromatic heterocycles. The second kappa shape index (κ2) is 6.90. The molecule has 8 heteroatoms. The van der Waals surface area contributed by atoms with Gasteiger partial charge < -0.3 is 24.9 Å². The van der Waals surface area contributed by atoms with Crippen molar-refractivity contribution in [3.8, 4) is 40.5 Å². The van der Waals surface area contributed by atoms with E-state index in [1.165, 1.54) is 21.3 Å². The summed E-state index contributed by atoms with van der Waals surface area (Å²) in [6, 6.07) is 7.32. The van der Waals surface area contributed by atoms with E-state index in [4.69, 9.17) is 32.2 Å². The molecule has 0 bridgehead atoms. The molecule has 0 aliphatic rings. The largest absolute Gasteiger partial charge is 0.493 e. The minimum atomic E-state index is 0.0772. The summed E-state index contributed by atoms with van der Waals surface area (Å²) in [6.07, 6.45) is 0. The first-order chi connectivity index (χ1) is 11.5. The Hall–Kier alpha value is -3.23. The number of benzene rings is 1. The fourth-order valence-corrected chi connectivity index (χ4v) is 2.67. The number of rotatable bonds is 4. The molecule has 0 saturated heterocycles. The maximum Gasteiger partial charge on any atom is 0.203 e. The second-order valence-electron chi connectivity index (χ2n) is 4.60. The number of hydrogen-bond acceptors (Lipinski definition) is 7. The Morgan fingerprint density at radius 2 is 1.62 bits per heavy atom. The van der Waals surface area contributed by atoms with Gasteiger partial charge in [0.2, 0.25) is 5.75 Å². The highest BCUT2D eigenvalue weighted by atomic mass is 32.1. The van der Waals surface area contributed by atoms with Crippen LogP contribution in [0.5, 0.6) is 17.2 Å². The number of ether oxygens (including phenoxy) is 3. The van der Waals surface area contributed by atoms with Crippen LogP contribution in [-0.2, 0) is 0 Å². The van der Waals surface area contributed by atoms with Crippen LogP contribution in [0, 0.1) is 27.3 Å². The van der Waals surface area contributed by atoms with Crippen molar-refractivity contribution in [2.75, 3.05) is 27.1 Å². The summed E-state index contributed by atoms with van der Waals surface area (Å²) in [7, 11) is 4.41. The smallest absolute Gasteiger partial charge is 0.203 e. The van der Waals surface area contributed by atoms with Gasteiger partial charge in [-0.3, -0.25) is 0 Å². The van der Waals surface area contributed by atoms with E-state index in [2.05, 4.69) is 4.98 Å². The summed E-state index contributed by atoms with van der Waals surface area (Å²) in [6.45, 7) is 0. The van der Waals surface area contributed by atoms with Crippen molar-refractivity contribution >= 4 is 18.0 Å². The van der Waals surface area contributed by atoms with Crippen LogP contribution in [0.25, 0.3) is 11.1 Å². The monoisotopic (exact) mass is 342 g/mol. The summed E-state index contributed by atoms with van der Waals surface area (Å²) in [5.74, 6) is 1.17. The van der Waals surface area contributed by atoms with E-state index >= 15 is 0 Å². The average molecular weight is 342 g/mol. The van der Waals surface area contributed by atoms with E-state index in [0.717, 1.165) is 0 Å². The normalized spacial score (nSPS) is 9.71. The van der Waals surface area contributed by atoms with Gasteiger partial charge in [0.15, 0.2) is 11.5 Å². The molecule has 0 saturated carbocycles. The van der Waals surface area contributed by atoms with Gasteiger partial charge in [-0.2, -0.15) is 10.5 Å². The van der Waals surface area contributed by atoms with E-state index in [-0.39, 0.29) is 21.6 Å². The molecule has 24 heavy (non-hydrogen) atoms. The van der Waals surface area contributed by atoms with E-state index in [1.807, 2.05) is 12.1 Å². The van der Waals surface area contributed by atoms with E-state index in [9.17, 15) is 10.5 Å². The van der Waals surface area contributed by atoms with Crippen LogP contribution in [0.3, 0.4) is 0 Å². The Balaban J connectivity index is 3.01. The van der Waals surface area contributed by atoms with Gasteiger partial charge in [-0.15, -0.1) is 0 Å². The van der Waals surface area contributed by atoms with Crippen molar-refractivity contribution in [3.05, 3.63) is 27.9 Å². The zero-order valence-electron chi connectivity index (χ0n) is 13.3. The number of nitrogen functional groups attached to an aromatic ring is 1. The molecule has 0 unspecified atom stereocenters. The quantitative estimate of drug-likeness (QED) is 0.820. The number of hydrogen-bond donors (Lipinski definition) is 2. The Morgan fingerprint density at radius 3 is 2.12 bits per heavy atom. The molecule has 7 nitrogen and oxygen atoms in total. The molecule has 1 heterocycles. The number of anilines is 1. The van der Waals surface area contributed by atoms with Crippen molar-refractivity contribution in [3.63, 3.8) is 0 Å². The minimum absolute atomic E-state index is 0.0772. The van der Waals surface area contributed by atoms with Crippen molar-refractivity contribution in [2.45, 2.75) is 0 Å². The molecule has 0 radical (unpaired) electrons. The average Bonchev–Trinajstić information content (AvgIpc) is 2.59. The van der Waals surface area contributed by atoms with Crippen molar-refractivity contribution in [1.29, 1.82) is 10.5 Å². The van der Waals surface area contributed by atoms with Gasteiger partial charge in [0.25, 0.3) is 0 Å². The lowest BCUT2D eigenvalue weighted by Crippen LogP contribution is -2.03. The standard InChI is InChI=1S/C16H14N4O3S/c1-21-11-5-4-8(13(22-2)14(11)23-3)12-9(6-17)15(19)20-16(24)10(12)7-18/h4-5H,1-3H3,(H3,19,20,24). The Morgan fingerprint density at radius 1 is 1.00 bits per heavy atom. The van der Waals surface area contributed by atoms with Gasteiger partial charge in [0, 0.05) is 11.1 Å². The van der Waals surface area contributed by atoms with Gasteiger partial charge in [-0.25, -0.2) is 0 Å². The molecular formula is C16H14N4O3S. The first-order valence-corrected chi connectivity index (χ1v) is 7.10. The van der Waals surface area contributed by atoms with Crippen LogP contribution in [0.2, 0.25) is 0 Å². The van der Waals surface area contributed by atoms with Crippen molar-refractivity contribution in [1.82, 2.24) is 4.98 Å². The summed E-state index contributed by atoms with van der Waals surface area (Å²) in [4.78, 5) is 2.66. The van der Waals surface area contributed by atoms with Gasteiger partial charge in [-0.05, 0) is 12.1 Å². The summed E-state index contributed by atoms with van der Waals surface area (Å²) in [5, 5.41) is 19.0. The van der Waals surface area contributed by atoms with Crippen LogP contribution in [-0.4, -0.2) is 26.3 Å². The minimum Gasteiger partial charge on any atom is -0.493 e. The highest BCUT2D eigenvalue weighted by Crippen LogP contribution is 2.46. The zero-order valence-corrected chi connectivity index (χ0v) is 14.1. The van der Waals surface area contributed by atoms with Crippen LogP contribution >= 0.6 is 12.2 Å². The second-order valence-corrected chi connectivity index (χ2v) is 5.01. The maximum atomic E-state index is 9.48. The molecule has 2 rings (SSSR count). The first-order valence-electron chi connectivity index (χ1n) is 6.69. The van der Waals surface area contributed by atoms with Crippen LogP contribution in [0.1, 0.15) is 11.1 Å². The molecule has 0 aliphatic heterocycles. The number of nitrogens with two attached hydrogens (primary N) is 1. The third kappa shape index (κ3) is 2.60. The summed E-state index contributed by atoms with van der Waals surface area (Å²) < 4.78 is 16.2. The Bertz CT molecular complexity index is 938. The predicted molar refractivity (Wildman–Crippen MR) is 90.6 cm³/mol. The molecule has 122 valence electrons. The number of H-pyrrole nitrogens is 1. The van der Waals surface area contributed by atoms with Gasteiger partial charge in [0.05, 0.1) is 26.9 Å². The number of pyridine rings is 1. The Kier molecular flexibility index (Phi) is 4.93. The number of aromatic amines is 1. The zero-order chi connectivity index (χ0) is 17.9. The molecular weight excluding hydrogens is 328 g/mol. The van der Waals surface area contributed by atoms with E-state index in [0.29, 0.717) is 28.4 Å². The lowest BCUT2D eigenvalue weighted by Gasteiger charge is -2.17. The number of aromatic nitrogens is 1. The molecule has 0 spiro atoms. The number of nitrogens with one attached hydrogen (secondary N) is 1. The van der Waals surface area contributed by atoms with E-state index < -0.39 is 0 Å². The van der Waals surface area contributed by atoms with Crippen LogP contribution in [0.4, 0.5) is 5.82 Å². The first kappa shape index (κ1) is 17.1. The van der Waals surface area contributed by atoms with Crippen LogP contribution < -0.4 is 19.9 Å². The molecule has 0 amide bonds. The fourth-order valence-electron chi connectivity index (χ4n) is 2.41. The lowest BCUT2D eigenvalue weighted by molar-refractivity contribution is 0.325. The third-order valence-corrected chi connectivity index (χ3v) is 3.75. The molecule has 0 aliphatic carbocycles. The van der Waals surface area contributed by atoms with Gasteiger partial charge >= 0.3 is 0 Å². The fraction of sp³-hybridized carbons (Fsp3) is 0.188. The summed E-state index contributed by atoms with van der Waals surface area (Å²) >= 11 is 5.16. The van der Waals surface area contributed by atoms with E-state index in [1.54, 1.807) is 12.1 Å². The van der Waals surface area contributed by atoms with Crippen LogP contribution in [0.15, 0.2) is 12.1 Å². The SMILES string of the molecule is COc1ccc(-c2c(C#N)c(N)[nH]c(=S)c2C#N)c(OC)c1OC. The summed E-state index contributed by atoms with van der Waals surface area (Å²) in [5.41, 5.74) is 6.83. The highest BCUT2D eigenvalue weighted by Gasteiger charge is 2.23. The van der Waals surface area contributed by atoms with Gasteiger partial charge in [-0.1, -0.05) is 12.2 Å². The maximum absolute atomic E-state index is 9.48. The number of nitrogens with zero attached hydrogens (tertiary/aromatic N) is 2.